The van der Waals surface area contributed by atoms with E-state index in [0.717, 1.165) is 0 Å². The third-order valence-electron chi connectivity index (χ3n) is 5.50. The first kappa shape index (κ1) is 27.4. The van der Waals surface area contributed by atoms with E-state index in [0.29, 0.717) is 22.8 Å². The molecule has 0 aliphatic heterocycles. The summed E-state index contributed by atoms with van der Waals surface area (Å²) in [7, 11) is 0. The van der Waals surface area contributed by atoms with Crippen LogP contribution in [0, 0.1) is 6.92 Å². The summed E-state index contributed by atoms with van der Waals surface area (Å²) in [4.78, 5) is 41.0. The summed E-state index contributed by atoms with van der Waals surface area (Å²) in [6, 6.07) is 7.63. The number of aryl methyl sites for hydroxylation is 1. The number of carbonyl (C=O) groups is 3. The molecular weight excluding hydrogens is 456 g/mol. The van der Waals surface area contributed by atoms with Crippen LogP contribution in [0.1, 0.15) is 78.2 Å². The van der Waals surface area contributed by atoms with Gasteiger partial charge in [0.1, 0.15) is 11.8 Å². The lowest BCUT2D eigenvalue weighted by atomic mass is 9.94. The van der Waals surface area contributed by atoms with Crippen molar-refractivity contribution in [2.75, 3.05) is 5.32 Å². The summed E-state index contributed by atoms with van der Waals surface area (Å²) in [6.45, 7) is 13.1. The lowest BCUT2D eigenvalue weighted by Crippen LogP contribution is -2.55. The molecule has 0 aliphatic carbocycles. The van der Waals surface area contributed by atoms with Crippen molar-refractivity contribution in [1.82, 2.24) is 15.4 Å². The number of amides is 3. The molecule has 1 aromatic carbocycles. The van der Waals surface area contributed by atoms with E-state index in [1.807, 2.05) is 41.5 Å². The van der Waals surface area contributed by atoms with Gasteiger partial charge in [0, 0.05) is 40.6 Å². The van der Waals surface area contributed by atoms with Gasteiger partial charge < -0.3 is 20.1 Å². The molecule has 2 rings (SSSR count). The number of anilines is 1. The number of nitrogens with one attached hydrogen (secondary N) is 2. The Balaban J connectivity index is 2.33. The summed E-state index contributed by atoms with van der Waals surface area (Å²) in [5.41, 5.74) is -0.674. The average molecular weight is 491 g/mol. The number of nitrogens with zero attached hydrogens (tertiary/aromatic N) is 2. The van der Waals surface area contributed by atoms with Crippen molar-refractivity contribution < 1.29 is 18.9 Å². The Labute approximate surface area is 206 Å². The second-order valence-corrected chi connectivity index (χ2v) is 10.4. The number of halogens is 1. The quantitative estimate of drug-likeness (QED) is 0.513. The molecule has 0 spiro atoms. The second-order valence-electron chi connectivity index (χ2n) is 9.96. The maximum atomic E-state index is 13.6. The van der Waals surface area contributed by atoms with Crippen LogP contribution in [0.3, 0.4) is 0 Å². The van der Waals surface area contributed by atoms with Crippen molar-refractivity contribution in [3.63, 3.8) is 0 Å². The van der Waals surface area contributed by atoms with Crippen LogP contribution in [0.4, 0.5) is 5.82 Å². The van der Waals surface area contributed by atoms with Gasteiger partial charge in [-0.05, 0) is 54.0 Å². The molecule has 0 unspecified atom stereocenters. The van der Waals surface area contributed by atoms with E-state index in [9.17, 15) is 14.4 Å². The van der Waals surface area contributed by atoms with Gasteiger partial charge >= 0.3 is 0 Å². The Hall–Kier alpha value is -2.87. The molecular formula is C25H35ClN4O4. The molecule has 0 saturated carbocycles. The maximum absolute atomic E-state index is 13.6. The summed E-state index contributed by atoms with van der Waals surface area (Å²) >= 11 is 6.49. The molecule has 0 radical (unpaired) electrons. The fourth-order valence-electron chi connectivity index (χ4n) is 3.46. The van der Waals surface area contributed by atoms with Gasteiger partial charge in [-0.25, -0.2) is 0 Å². The van der Waals surface area contributed by atoms with E-state index in [1.165, 1.54) is 4.90 Å². The molecule has 0 fully saturated rings. The SMILES string of the molecule is CCC(C)(C)NC(=O)[C@@H](c1ccccc1Cl)N(C(=O)CCC(=O)Nc1cc(C)on1)C(C)(C)C. The number of hydrogen-bond donors (Lipinski definition) is 2. The highest BCUT2D eigenvalue weighted by molar-refractivity contribution is 6.31. The molecule has 1 atom stereocenters. The monoisotopic (exact) mass is 490 g/mol. The van der Waals surface area contributed by atoms with Crippen LogP contribution in [0.15, 0.2) is 34.9 Å². The minimum absolute atomic E-state index is 0.0748. The van der Waals surface area contributed by atoms with Gasteiger partial charge in [-0.2, -0.15) is 0 Å². The van der Waals surface area contributed by atoms with Crippen molar-refractivity contribution in [3.05, 3.63) is 46.7 Å². The molecule has 0 aliphatic rings. The first-order chi connectivity index (χ1) is 15.7. The van der Waals surface area contributed by atoms with Crippen LogP contribution < -0.4 is 10.6 Å². The van der Waals surface area contributed by atoms with Gasteiger partial charge in [-0.3, -0.25) is 14.4 Å². The summed E-state index contributed by atoms with van der Waals surface area (Å²) in [6.07, 6.45) is 0.541. The Morgan fingerprint density at radius 2 is 1.76 bits per heavy atom. The zero-order valence-electron chi connectivity index (χ0n) is 21.0. The molecule has 2 N–H and O–H groups in total. The largest absolute Gasteiger partial charge is 0.360 e. The molecule has 0 saturated heterocycles. The third-order valence-corrected chi connectivity index (χ3v) is 5.85. The van der Waals surface area contributed by atoms with Gasteiger partial charge in [-0.15, -0.1) is 0 Å². The van der Waals surface area contributed by atoms with Crippen LogP contribution in [0.5, 0.6) is 0 Å². The van der Waals surface area contributed by atoms with Crippen LogP contribution >= 0.6 is 11.6 Å². The molecule has 9 heteroatoms. The van der Waals surface area contributed by atoms with E-state index in [4.69, 9.17) is 16.1 Å². The number of rotatable bonds is 9. The summed E-state index contributed by atoms with van der Waals surface area (Å²) < 4.78 is 4.94. The number of benzene rings is 1. The van der Waals surface area contributed by atoms with Crippen molar-refractivity contribution in [1.29, 1.82) is 0 Å². The fraction of sp³-hybridized carbons (Fsp3) is 0.520. The Morgan fingerprint density at radius 1 is 1.12 bits per heavy atom. The van der Waals surface area contributed by atoms with Gasteiger partial charge in [0.2, 0.25) is 17.7 Å². The average Bonchev–Trinajstić information content (AvgIpc) is 3.14. The summed E-state index contributed by atoms with van der Waals surface area (Å²) in [5, 5.41) is 9.78. The first-order valence-corrected chi connectivity index (χ1v) is 11.7. The van der Waals surface area contributed by atoms with Crippen LogP contribution in [0.2, 0.25) is 5.02 Å². The van der Waals surface area contributed by atoms with Crippen molar-refractivity contribution in [2.24, 2.45) is 0 Å². The van der Waals surface area contributed by atoms with Gasteiger partial charge in [0.25, 0.3) is 0 Å². The predicted octanol–water partition coefficient (Wildman–Crippen LogP) is 5.03. The highest BCUT2D eigenvalue weighted by Gasteiger charge is 2.40. The molecule has 8 nitrogen and oxygen atoms in total. The van der Waals surface area contributed by atoms with E-state index in [1.54, 1.807) is 37.3 Å². The Bertz CT molecular complexity index is 1030. The molecule has 0 bridgehead atoms. The lowest BCUT2D eigenvalue weighted by Gasteiger charge is -2.42. The molecule has 186 valence electrons. The normalized spacial score (nSPS) is 12.7. The Kier molecular flexibility index (Phi) is 8.89. The minimum atomic E-state index is -0.965. The first-order valence-electron chi connectivity index (χ1n) is 11.4. The molecule has 2 aromatic rings. The maximum Gasteiger partial charge on any atom is 0.247 e. The van der Waals surface area contributed by atoms with Crippen LogP contribution in [0.25, 0.3) is 0 Å². The fourth-order valence-corrected chi connectivity index (χ4v) is 3.70. The van der Waals surface area contributed by atoms with Crippen LogP contribution in [-0.2, 0) is 14.4 Å². The second kappa shape index (κ2) is 11.0. The van der Waals surface area contributed by atoms with Gasteiger partial charge in [0.05, 0.1) is 0 Å². The van der Waals surface area contributed by atoms with Crippen molar-refractivity contribution in [3.8, 4) is 0 Å². The topological polar surface area (TPSA) is 105 Å². The molecule has 1 aromatic heterocycles. The Morgan fingerprint density at radius 3 is 2.29 bits per heavy atom. The zero-order valence-corrected chi connectivity index (χ0v) is 21.7. The van der Waals surface area contributed by atoms with Crippen molar-refractivity contribution in [2.45, 2.75) is 84.8 Å². The smallest absolute Gasteiger partial charge is 0.247 e. The molecule has 1 heterocycles. The lowest BCUT2D eigenvalue weighted by molar-refractivity contribution is -0.147. The number of carbonyl (C=O) groups excluding carboxylic acids is 3. The van der Waals surface area contributed by atoms with E-state index < -0.39 is 17.1 Å². The van der Waals surface area contributed by atoms with Crippen LogP contribution in [-0.4, -0.2) is 38.9 Å². The standard InChI is InChI=1S/C25H35ClN4O4/c1-8-25(6,7)28-23(33)22(17-11-9-10-12-18(17)26)30(24(3,4)5)21(32)14-13-20(31)27-19-15-16(2)34-29-19/h9-12,15,22H,8,13-14H2,1-7H3,(H,28,33)(H,27,29,31)/t22-/m1/s1. The summed E-state index contributed by atoms with van der Waals surface area (Å²) in [5.74, 6) is -0.188. The highest BCUT2D eigenvalue weighted by atomic mass is 35.5. The third kappa shape index (κ3) is 7.32. The van der Waals surface area contributed by atoms with E-state index in [-0.39, 0.29) is 36.4 Å². The van der Waals surface area contributed by atoms with E-state index in [2.05, 4.69) is 15.8 Å². The van der Waals surface area contributed by atoms with Gasteiger partial charge in [0.15, 0.2) is 5.82 Å². The number of hydrogen-bond acceptors (Lipinski definition) is 5. The van der Waals surface area contributed by atoms with Crippen molar-refractivity contribution >= 4 is 35.1 Å². The predicted molar refractivity (Wildman–Crippen MR) is 132 cm³/mol. The van der Waals surface area contributed by atoms with E-state index >= 15 is 0 Å². The minimum Gasteiger partial charge on any atom is -0.360 e. The van der Waals surface area contributed by atoms with Gasteiger partial charge in [-0.1, -0.05) is 41.9 Å². The highest BCUT2D eigenvalue weighted by Crippen LogP contribution is 2.34. The molecule has 34 heavy (non-hydrogen) atoms. The number of aromatic nitrogens is 1. The zero-order chi connectivity index (χ0) is 25.7. The molecule has 3 amide bonds.